The van der Waals surface area contributed by atoms with Crippen LogP contribution in [0, 0.1) is 0 Å². The minimum Gasteiger partial charge on any atom is -0.497 e. The fourth-order valence-corrected chi connectivity index (χ4v) is 2.97. The van der Waals surface area contributed by atoms with Gasteiger partial charge in [-0.05, 0) is 36.8 Å². The van der Waals surface area contributed by atoms with Gasteiger partial charge in [0.15, 0.2) is 6.10 Å². The zero-order chi connectivity index (χ0) is 19.1. The smallest absolute Gasteiger partial charge is 0.340 e. The lowest BCUT2D eigenvalue weighted by Gasteiger charge is -2.14. The summed E-state index contributed by atoms with van der Waals surface area (Å²) in [6, 6.07) is 13.7. The molecule has 2 aromatic carbocycles. The molecule has 0 aliphatic rings. The summed E-state index contributed by atoms with van der Waals surface area (Å²) >= 11 is 0. The molecule has 0 aliphatic heterocycles. The Morgan fingerprint density at radius 3 is 2.38 bits per heavy atom. The molecule has 0 heterocycles. The van der Waals surface area contributed by atoms with Crippen molar-refractivity contribution in [1.29, 1.82) is 0 Å². The lowest BCUT2D eigenvalue weighted by atomic mass is 10.2. The van der Waals surface area contributed by atoms with Gasteiger partial charge in [0.2, 0.25) is 0 Å². The van der Waals surface area contributed by atoms with Gasteiger partial charge in [-0.1, -0.05) is 24.3 Å². The highest BCUT2D eigenvalue weighted by Gasteiger charge is 2.21. The van der Waals surface area contributed by atoms with Gasteiger partial charge in [0.25, 0.3) is 5.91 Å². The fourth-order valence-electron chi connectivity index (χ4n) is 2.24. The Kier molecular flexibility index (Phi) is 6.91. The Morgan fingerprint density at radius 1 is 1.12 bits per heavy atom. The number of ether oxygens (including phenoxy) is 2. The second kappa shape index (κ2) is 9.15. The van der Waals surface area contributed by atoms with Crippen molar-refractivity contribution in [1.82, 2.24) is 5.32 Å². The molecule has 0 aromatic heterocycles. The van der Waals surface area contributed by atoms with E-state index in [1.165, 1.54) is 19.2 Å². The molecule has 0 aliphatic carbocycles. The predicted octanol–water partition coefficient (Wildman–Crippen LogP) is 2.29. The van der Waals surface area contributed by atoms with Crippen molar-refractivity contribution in [2.75, 3.05) is 13.4 Å². The molecule has 2 atom stereocenters. The molecule has 0 saturated heterocycles. The van der Waals surface area contributed by atoms with Gasteiger partial charge < -0.3 is 14.8 Å². The van der Waals surface area contributed by atoms with Crippen LogP contribution >= 0.6 is 0 Å². The maximum Gasteiger partial charge on any atom is 0.340 e. The van der Waals surface area contributed by atoms with Crippen LogP contribution in [0.5, 0.6) is 5.75 Å². The van der Waals surface area contributed by atoms with Crippen LogP contribution in [0.25, 0.3) is 0 Å². The molecule has 7 heteroatoms. The second-order valence-corrected chi connectivity index (χ2v) is 6.91. The molecule has 0 spiro atoms. The number of carbonyl (C=O) groups is 2. The average molecular weight is 375 g/mol. The number of nitrogens with one attached hydrogen (secondary N) is 1. The Balaban J connectivity index is 1.94. The highest BCUT2D eigenvalue weighted by atomic mass is 32.2. The summed E-state index contributed by atoms with van der Waals surface area (Å²) in [5.41, 5.74) is 1.09. The summed E-state index contributed by atoms with van der Waals surface area (Å²) < 4.78 is 22.0. The highest BCUT2D eigenvalue weighted by Crippen LogP contribution is 2.15. The van der Waals surface area contributed by atoms with Crippen LogP contribution in [-0.2, 0) is 26.9 Å². The number of carbonyl (C=O) groups excluding carboxylic acids is 2. The summed E-state index contributed by atoms with van der Waals surface area (Å²) in [6.45, 7) is 1.80. The van der Waals surface area contributed by atoms with Crippen molar-refractivity contribution in [3.8, 4) is 5.75 Å². The van der Waals surface area contributed by atoms with Crippen molar-refractivity contribution in [2.45, 2.75) is 24.5 Å². The van der Waals surface area contributed by atoms with Gasteiger partial charge >= 0.3 is 5.97 Å². The molecule has 0 unspecified atom stereocenters. The molecule has 1 amide bonds. The molecule has 6 nitrogen and oxygen atoms in total. The summed E-state index contributed by atoms with van der Waals surface area (Å²) in [7, 11) is 0.253. The van der Waals surface area contributed by atoms with Gasteiger partial charge in [-0.2, -0.15) is 0 Å². The molecule has 2 rings (SSSR count). The van der Waals surface area contributed by atoms with Crippen molar-refractivity contribution >= 4 is 22.7 Å². The third-order valence-corrected chi connectivity index (χ3v) is 4.67. The molecule has 0 bridgehead atoms. The Morgan fingerprint density at radius 2 is 1.77 bits per heavy atom. The van der Waals surface area contributed by atoms with Crippen LogP contribution in [0.3, 0.4) is 0 Å². The fraction of sp³-hybridized carbons (Fsp3) is 0.263. The van der Waals surface area contributed by atoms with E-state index in [0.29, 0.717) is 11.4 Å². The predicted molar refractivity (Wildman–Crippen MR) is 98.5 cm³/mol. The average Bonchev–Trinajstić information content (AvgIpc) is 2.66. The quantitative estimate of drug-likeness (QED) is 0.751. The van der Waals surface area contributed by atoms with E-state index in [1.807, 2.05) is 12.1 Å². The van der Waals surface area contributed by atoms with Crippen LogP contribution in [0.1, 0.15) is 22.8 Å². The minimum absolute atomic E-state index is 0.197. The number of benzene rings is 2. The first kappa shape index (κ1) is 19.7. The number of hydrogen-bond donors (Lipinski definition) is 1. The van der Waals surface area contributed by atoms with Crippen LogP contribution < -0.4 is 10.1 Å². The van der Waals surface area contributed by atoms with E-state index < -0.39 is 28.8 Å². The molecule has 138 valence electrons. The van der Waals surface area contributed by atoms with E-state index in [9.17, 15) is 13.8 Å². The third-order valence-electron chi connectivity index (χ3n) is 3.70. The molecule has 26 heavy (non-hydrogen) atoms. The highest BCUT2D eigenvalue weighted by molar-refractivity contribution is 7.84. The summed E-state index contributed by atoms with van der Waals surface area (Å²) in [5, 5.41) is 2.71. The lowest BCUT2D eigenvalue weighted by molar-refractivity contribution is -0.129. The van der Waals surface area contributed by atoms with E-state index in [2.05, 4.69) is 5.32 Å². The maximum absolute atomic E-state index is 12.3. The number of amides is 1. The third kappa shape index (κ3) is 5.16. The van der Waals surface area contributed by atoms with Crippen molar-refractivity contribution in [3.05, 3.63) is 59.7 Å². The lowest BCUT2D eigenvalue weighted by Crippen LogP contribution is -2.35. The van der Waals surface area contributed by atoms with Crippen LogP contribution in [-0.4, -0.2) is 35.6 Å². The van der Waals surface area contributed by atoms with Crippen molar-refractivity contribution in [2.24, 2.45) is 0 Å². The molecular weight excluding hydrogens is 354 g/mol. The Labute approximate surface area is 155 Å². The maximum atomic E-state index is 12.3. The van der Waals surface area contributed by atoms with Crippen molar-refractivity contribution < 1.29 is 23.3 Å². The van der Waals surface area contributed by atoms with Crippen molar-refractivity contribution in [3.63, 3.8) is 0 Å². The molecular formula is C19H21NO5S. The van der Waals surface area contributed by atoms with E-state index in [0.717, 1.165) is 11.3 Å². The van der Waals surface area contributed by atoms with Gasteiger partial charge in [0.1, 0.15) is 5.75 Å². The topological polar surface area (TPSA) is 81.7 Å². The first-order valence-electron chi connectivity index (χ1n) is 7.96. The van der Waals surface area contributed by atoms with Gasteiger partial charge in [0, 0.05) is 12.8 Å². The number of hydrogen-bond acceptors (Lipinski definition) is 5. The van der Waals surface area contributed by atoms with Gasteiger partial charge in [0.05, 0.1) is 28.4 Å². The molecule has 0 fully saturated rings. The SMILES string of the molecule is COc1ccc(CNC(=O)[C@H](C)OC(=O)c2ccccc2[S@](C)=O)cc1. The van der Waals surface area contributed by atoms with E-state index in [-0.39, 0.29) is 5.56 Å². The summed E-state index contributed by atoms with van der Waals surface area (Å²) in [6.07, 6.45) is 0.510. The number of methoxy groups -OCH3 is 1. The molecule has 0 radical (unpaired) electrons. The van der Waals surface area contributed by atoms with Crippen LogP contribution in [0.4, 0.5) is 0 Å². The van der Waals surface area contributed by atoms with E-state index in [4.69, 9.17) is 9.47 Å². The second-order valence-electron chi connectivity index (χ2n) is 5.56. The van der Waals surface area contributed by atoms with Gasteiger partial charge in [-0.25, -0.2) is 4.79 Å². The van der Waals surface area contributed by atoms with Crippen LogP contribution in [0.15, 0.2) is 53.4 Å². The standard InChI is InChI=1S/C19H21NO5S/c1-13(18(21)20-12-14-8-10-15(24-2)11-9-14)25-19(22)16-6-4-5-7-17(16)26(3)23/h4-11,13H,12H2,1-3H3,(H,20,21)/t13-,26-/m0/s1. The Bertz CT molecular complexity index is 804. The monoisotopic (exact) mass is 375 g/mol. The Hall–Kier alpha value is -2.67. The van der Waals surface area contributed by atoms with Gasteiger partial charge in [-0.15, -0.1) is 0 Å². The zero-order valence-corrected chi connectivity index (χ0v) is 15.7. The molecule has 0 saturated carbocycles. The largest absolute Gasteiger partial charge is 0.497 e. The summed E-state index contributed by atoms with van der Waals surface area (Å²) in [4.78, 5) is 24.8. The molecule has 1 N–H and O–H groups in total. The van der Waals surface area contributed by atoms with E-state index >= 15 is 0 Å². The first-order chi connectivity index (χ1) is 12.4. The van der Waals surface area contributed by atoms with Crippen LogP contribution in [0.2, 0.25) is 0 Å². The number of rotatable bonds is 7. The normalized spacial score (nSPS) is 12.7. The summed E-state index contributed by atoms with van der Waals surface area (Å²) in [5.74, 6) is -0.360. The zero-order valence-electron chi connectivity index (χ0n) is 14.9. The molecule has 2 aromatic rings. The number of esters is 1. The first-order valence-corrected chi connectivity index (χ1v) is 9.52. The van der Waals surface area contributed by atoms with E-state index in [1.54, 1.807) is 37.4 Å². The minimum atomic E-state index is -1.33. The van der Waals surface area contributed by atoms with Gasteiger partial charge in [-0.3, -0.25) is 9.00 Å².